The van der Waals surface area contributed by atoms with Gasteiger partial charge in [-0.2, -0.15) is 0 Å². The summed E-state index contributed by atoms with van der Waals surface area (Å²) in [5.41, 5.74) is 4.02. The molecule has 2 amide bonds. The molecule has 0 saturated carbocycles. The number of anilines is 1. The molecular formula is C29H29N3O3. The second kappa shape index (κ2) is 8.95. The van der Waals surface area contributed by atoms with Crippen molar-refractivity contribution in [2.45, 2.75) is 31.8 Å². The highest BCUT2D eigenvalue weighted by Crippen LogP contribution is 2.41. The van der Waals surface area contributed by atoms with E-state index < -0.39 is 12.4 Å². The van der Waals surface area contributed by atoms with Crippen molar-refractivity contribution in [1.82, 2.24) is 10.2 Å². The molecular weight excluding hydrogens is 438 g/mol. The number of hydrogen-bond donors (Lipinski definition) is 1. The van der Waals surface area contributed by atoms with Gasteiger partial charge >= 0.3 is 0 Å². The Morgan fingerprint density at radius 1 is 1.03 bits per heavy atom. The number of piperidine rings is 1. The molecule has 0 aromatic heterocycles. The van der Waals surface area contributed by atoms with E-state index in [1.165, 1.54) is 0 Å². The number of amides is 2. The van der Waals surface area contributed by atoms with Crippen molar-refractivity contribution >= 4 is 28.3 Å². The van der Waals surface area contributed by atoms with Crippen molar-refractivity contribution in [2.75, 3.05) is 31.2 Å². The lowest BCUT2D eigenvalue weighted by atomic mass is 9.95. The molecule has 6 rings (SSSR count). The second-order valence-electron chi connectivity index (χ2n) is 9.39. The third-order valence-electron chi connectivity index (χ3n) is 7.10. The molecule has 3 aromatic carbocycles. The second-order valence-corrected chi connectivity index (χ2v) is 9.39. The predicted molar refractivity (Wildman–Crippen MR) is 136 cm³/mol. The number of nitrogens with one attached hydrogen (secondary N) is 1. The van der Waals surface area contributed by atoms with Crippen molar-refractivity contribution < 1.29 is 17.1 Å². The van der Waals surface area contributed by atoms with Gasteiger partial charge in [-0.15, -0.1) is 0 Å². The molecule has 3 heterocycles. The van der Waals surface area contributed by atoms with Gasteiger partial charge < -0.3 is 10.1 Å². The molecule has 0 bridgehead atoms. The van der Waals surface area contributed by atoms with Gasteiger partial charge in [-0.05, 0) is 53.4 Å². The van der Waals surface area contributed by atoms with Crippen molar-refractivity contribution in [3.63, 3.8) is 0 Å². The molecule has 3 aliphatic rings. The van der Waals surface area contributed by atoms with Crippen LogP contribution in [0.15, 0.2) is 66.9 Å². The zero-order valence-electron chi connectivity index (χ0n) is 21.5. The molecule has 6 heteroatoms. The van der Waals surface area contributed by atoms with Gasteiger partial charge in [0.2, 0.25) is 5.91 Å². The summed E-state index contributed by atoms with van der Waals surface area (Å²) in [6, 6.07) is 16.0. The monoisotopic (exact) mass is 469 g/mol. The third kappa shape index (κ3) is 4.03. The molecule has 0 radical (unpaired) electrons. The van der Waals surface area contributed by atoms with Gasteiger partial charge in [-0.3, -0.25) is 19.4 Å². The van der Waals surface area contributed by atoms with E-state index >= 15 is 0 Å². The minimum Gasteiger partial charge on any atom is -0.379 e. The summed E-state index contributed by atoms with van der Waals surface area (Å²) >= 11 is 0. The van der Waals surface area contributed by atoms with Gasteiger partial charge in [-0.25, -0.2) is 0 Å². The summed E-state index contributed by atoms with van der Waals surface area (Å²) in [5.74, 6) is -0.458. The van der Waals surface area contributed by atoms with Crippen LogP contribution in [0.2, 0.25) is 0 Å². The van der Waals surface area contributed by atoms with Crippen molar-refractivity contribution in [1.29, 1.82) is 0 Å². The molecule has 0 spiro atoms. The third-order valence-corrected chi connectivity index (χ3v) is 7.10. The summed E-state index contributed by atoms with van der Waals surface area (Å²) in [5, 5.41) is 4.17. The first-order valence-electron chi connectivity index (χ1n) is 13.1. The summed E-state index contributed by atoms with van der Waals surface area (Å²) in [6.45, 7) is 7.94. The number of benzene rings is 3. The maximum Gasteiger partial charge on any atom is 0.259 e. The molecule has 2 fully saturated rings. The first-order valence-corrected chi connectivity index (χ1v) is 12.1. The highest BCUT2D eigenvalue weighted by molar-refractivity contribution is 6.27. The van der Waals surface area contributed by atoms with Crippen LogP contribution in [0.1, 0.15) is 42.6 Å². The fraction of sp³-hybridized carbons (Fsp3) is 0.310. The van der Waals surface area contributed by atoms with E-state index in [1.807, 2.05) is 30.3 Å². The van der Waals surface area contributed by atoms with Crippen molar-refractivity contribution in [2.24, 2.45) is 0 Å². The van der Waals surface area contributed by atoms with Crippen LogP contribution in [0.3, 0.4) is 0 Å². The van der Waals surface area contributed by atoms with E-state index in [0.717, 1.165) is 38.4 Å². The number of carbonyl (C=O) groups excluding carboxylic acids is 2. The SMILES string of the molecule is [2H]C([2H])(c1ccc(CN2CCOCC2)cc1)c1ccc2c3c(cccc13)C(=O)N2C1CCC(=C)NC1=O. The van der Waals surface area contributed by atoms with E-state index in [0.29, 0.717) is 51.7 Å². The van der Waals surface area contributed by atoms with Crippen molar-refractivity contribution in [3.05, 3.63) is 89.1 Å². The lowest BCUT2D eigenvalue weighted by Crippen LogP contribution is -2.51. The molecule has 3 aliphatic heterocycles. The number of rotatable bonds is 5. The van der Waals surface area contributed by atoms with Crippen LogP contribution < -0.4 is 10.2 Å². The maximum absolute atomic E-state index is 13.5. The average Bonchev–Trinajstić information content (AvgIpc) is 3.18. The average molecular weight is 470 g/mol. The molecule has 1 N–H and O–H groups in total. The smallest absolute Gasteiger partial charge is 0.259 e. The predicted octanol–water partition coefficient (Wildman–Crippen LogP) is 4.02. The van der Waals surface area contributed by atoms with Crippen molar-refractivity contribution in [3.8, 4) is 0 Å². The van der Waals surface area contributed by atoms with Gasteiger partial charge in [0.15, 0.2) is 0 Å². The number of nitrogens with zero attached hydrogens (tertiary/aromatic N) is 2. The van der Waals surface area contributed by atoms with Crippen LogP contribution in [0, 0.1) is 0 Å². The summed E-state index contributed by atoms with van der Waals surface area (Å²) in [6.07, 6.45) is -0.655. The number of hydrogen-bond acceptors (Lipinski definition) is 4. The molecule has 1 unspecified atom stereocenters. The van der Waals surface area contributed by atoms with Gasteiger partial charge in [0.1, 0.15) is 6.04 Å². The van der Waals surface area contributed by atoms with E-state index in [-0.39, 0.29) is 11.8 Å². The highest BCUT2D eigenvalue weighted by atomic mass is 16.5. The largest absolute Gasteiger partial charge is 0.379 e. The first-order chi connectivity index (χ1) is 17.8. The van der Waals surface area contributed by atoms with E-state index in [9.17, 15) is 9.59 Å². The van der Waals surface area contributed by atoms with Gasteiger partial charge in [-0.1, -0.05) is 49.0 Å². The Bertz CT molecular complexity index is 1410. The minimum absolute atomic E-state index is 0.224. The number of morpholine rings is 1. The Morgan fingerprint density at radius 3 is 2.57 bits per heavy atom. The zero-order chi connectivity index (χ0) is 25.7. The van der Waals surface area contributed by atoms with Crippen LogP contribution in [0.5, 0.6) is 0 Å². The lowest BCUT2D eigenvalue weighted by Gasteiger charge is -2.31. The molecule has 6 nitrogen and oxygen atoms in total. The van der Waals surface area contributed by atoms with Gasteiger partial charge in [0, 0.05) is 39.0 Å². The molecule has 0 aliphatic carbocycles. The topological polar surface area (TPSA) is 61.9 Å². The number of ether oxygens (including phenoxy) is 1. The van der Waals surface area contributed by atoms with Crippen LogP contribution >= 0.6 is 0 Å². The van der Waals surface area contributed by atoms with Crippen LogP contribution in [0.4, 0.5) is 5.69 Å². The number of allylic oxidation sites excluding steroid dienone is 1. The Labute approximate surface area is 208 Å². The van der Waals surface area contributed by atoms with E-state index in [2.05, 4.69) is 16.8 Å². The number of carbonyl (C=O) groups is 2. The Kier molecular flexibility index (Phi) is 5.06. The Morgan fingerprint density at radius 2 is 1.80 bits per heavy atom. The normalized spacial score (nSPS) is 21.8. The molecule has 178 valence electrons. The molecule has 1 atom stereocenters. The van der Waals surface area contributed by atoms with E-state index in [4.69, 9.17) is 7.48 Å². The van der Waals surface area contributed by atoms with Crippen LogP contribution in [0.25, 0.3) is 10.8 Å². The molecule has 3 aromatic rings. The quantitative estimate of drug-likeness (QED) is 0.613. The zero-order valence-corrected chi connectivity index (χ0v) is 19.5. The summed E-state index contributed by atoms with van der Waals surface area (Å²) in [4.78, 5) is 30.1. The molecule has 35 heavy (non-hydrogen) atoms. The summed E-state index contributed by atoms with van der Waals surface area (Å²) in [7, 11) is 0. The van der Waals surface area contributed by atoms with Gasteiger partial charge in [0.05, 0.1) is 18.9 Å². The van der Waals surface area contributed by atoms with Crippen LogP contribution in [-0.2, 0) is 22.4 Å². The highest BCUT2D eigenvalue weighted by Gasteiger charge is 2.39. The van der Waals surface area contributed by atoms with E-state index in [1.54, 1.807) is 29.2 Å². The van der Waals surface area contributed by atoms with Crippen LogP contribution in [-0.4, -0.2) is 49.1 Å². The minimum atomic E-state index is -1.77. The molecule has 2 saturated heterocycles. The maximum atomic E-state index is 13.5. The fourth-order valence-electron chi connectivity index (χ4n) is 5.30. The standard InChI is InChI=1S/C29H29N3O3/c1-19-5-11-26(28(33)30-19)32-25-12-10-22(23-3-2-4-24(27(23)25)29(32)34)17-20-6-8-21(9-7-20)18-31-13-15-35-16-14-31/h2-4,6-10,12,26H,1,5,11,13-18H2,(H,30,33)/i17D2. The Balaban J connectivity index is 1.34. The first kappa shape index (κ1) is 19.8. The Hall–Kier alpha value is -3.48. The summed E-state index contributed by atoms with van der Waals surface area (Å²) < 4.78 is 23.6. The fourth-order valence-corrected chi connectivity index (χ4v) is 5.30. The van der Waals surface area contributed by atoms with Gasteiger partial charge in [0.25, 0.3) is 5.91 Å². The lowest BCUT2D eigenvalue weighted by molar-refractivity contribution is -0.122.